The molecule has 18 heavy (non-hydrogen) atoms. The monoisotopic (exact) mass is 279 g/mol. The van der Waals surface area contributed by atoms with E-state index in [1.165, 1.54) is 0 Å². The van der Waals surface area contributed by atoms with Crippen LogP contribution in [0.4, 0.5) is 18.9 Å². The molecule has 0 amide bonds. The van der Waals surface area contributed by atoms with Crippen LogP contribution in [0.2, 0.25) is 0 Å². The molecule has 1 aromatic carbocycles. The highest BCUT2D eigenvalue weighted by molar-refractivity contribution is 5.85. The maximum absolute atomic E-state index is 12.2. The summed E-state index contributed by atoms with van der Waals surface area (Å²) < 4.78 is 40.8. The lowest BCUT2D eigenvalue weighted by atomic mass is 10.2. The zero-order valence-electron chi connectivity index (χ0n) is 9.15. The summed E-state index contributed by atoms with van der Waals surface area (Å²) in [4.78, 5) is 3.28. The van der Waals surface area contributed by atoms with Crippen molar-refractivity contribution in [1.29, 1.82) is 0 Å². The second-order valence-electron chi connectivity index (χ2n) is 3.25. The number of alkyl halides is 3. The van der Waals surface area contributed by atoms with Gasteiger partial charge in [-0.1, -0.05) is 5.16 Å². The molecular formula is C10H9ClF3N3O. The van der Waals surface area contributed by atoms with Crippen molar-refractivity contribution in [3.05, 3.63) is 30.2 Å². The Labute approximate surface area is 107 Å². The lowest BCUT2D eigenvalue weighted by molar-refractivity contribution is -0.159. The van der Waals surface area contributed by atoms with Gasteiger partial charge >= 0.3 is 12.1 Å². The van der Waals surface area contributed by atoms with Crippen LogP contribution in [0.1, 0.15) is 5.89 Å². The van der Waals surface area contributed by atoms with Crippen LogP contribution >= 0.6 is 12.4 Å². The van der Waals surface area contributed by atoms with Gasteiger partial charge in [-0.25, -0.2) is 0 Å². The number of nitrogens with zero attached hydrogens (tertiary/aromatic N) is 2. The summed E-state index contributed by atoms with van der Waals surface area (Å²) in [6.07, 6.45) is -4.61. The van der Waals surface area contributed by atoms with Crippen LogP contribution in [0.15, 0.2) is 28.8 Å². The van der Waals surface area contributed by atoms with Crippen LogP contribution in [-0.2, 0) is 6.18 Å². The predicted octanol–water partition coefficient (Wildman–Crippen LogP) is 3.22. The number of benzene rings is 1. The molecule has 0 spiro atoms. The van der Waals surface area contributed by atoms with Crippen molar-refractivity contribution in [3.8, 4) is 11.4 Å². The first-order chi connectivity index (χ1) is 8.00. The summed E-state index contributed by atoms with van der Waals surface area (Å²) in [5, 5.41) is 6.17. The van der Waals surface area contributed by atoms with Gasteiger partial charge in [0.05, 0.1) is 0 Å². The molecule has 0 aliphatic heterocycles. The molecule has 4 nitrogen and oxygen atoms in total. The first-order valence-corrected chi connectivity index (χ1v) is 4.70. The third kappa shape index (κ3) is 2.92. The van der Waals surface area contributed by atoms with Crippen LogP contribution in [0, 0.1) is 0 Å². The van der Waals surface area contributed by atoms with E-state index in [0.29, 0.717) is 5.56 Å². The van der Waals surface area contributed by atoms with E-state index in [2.05, 4.69) is 20.0 Å². The normalized spacial score (nSPS) is 10.9. The number of nitrogens with one attached hydrogen (secondary N) is 1. The van der Waals surface area contributed by atoms with Crippen molar-refractivity contribution in [2.45, 2.75) is 6.18 Å². The molecule has 8 heteroatoms. The van der Waals surface area contributed by atoms with Gasteiger partial charge in [0.25, 0.3) is 0 Å². The molecule has 0 fully saturated rings. The maximum Gasteiger partial charge on any atom is 0.471 e. The molecule has 1 heterocycles. The van der Waals surface area contributed by atoms with E-state index in [9.17, 15) is 13.2 Å². The molecule has 0 saturated carbocycles. The van der Waals surface area contributed by atoms with Gasteiger partial charge in [0, 0.05) is 18.3 Å². The predicted molar refractivity (Wildman–Crippen MR) is 61.5 cm³/mol. The smallest absolute Gasteiger partial charge is 0.388 e. The second kappa shape index (κ2) is 5.26. The summed E-state index contributed by atoms with van der Waals surface area (Å²) in [6.45, 7) is 0. The van der Waals surface area contributed by atoms with Crippen LogP contribution < -0.4 is 5.32 Å². The van der Waals surface area contributed by atoms with Crippen molar-refractivity contribution in [2.75, 3.05) is 12.4 Å². The fraction of sp³-hybridized carbons (Fsp3) is 0.200. The average Bonchev–Trinajstić information content (AvgIpc) is 2.78. The quantitative estimate of drug-likeness (QED) is 0.917. The molecular weight excluding hydrogens is 271 g/mol. The summed E-state index contributed by atoms with van der Waals surface area (Å²) in [5.41, 5.74) is 1.30. The molecule has 0 aliphatic rings. The lowest BCUT2D eigenvalue weighted by Gasteiger charge is -1.99. The van der Waals surface area contributed by atoms with E-state index >= 15 is 0 Å². The minimum absolute atomic E-state index is 0. The van der Waals surface area contributed by atoms with Gasteiger partial charge in [0.1, 0.15) is 0 Å². The third-order valence-corrected chi connectivity index (χ3v) is 2.10. The maximum atomic E-state index is 12.2. The molecule has 2 aromatic rings. The molecule has 0 saturated heterocycles. The van der Waals surface area contributed by atoms with Crippen LogP contribution in [0.5, 0.6) is 0 Å². The van der Waals surface area contributed by atoms with Crippen molar-refractivity contribution in [3.63, 3.8) is 0 Å². The Bertz CT molecular complexity index is 510. The van der Waals surface area contributed by atoms with Gasteiger partial charge in [0.15, 0.2) is 0 Å². The van der Waals surface area contributed by atoms with E-state index in [0.717, 1.165) is 5.69 Å². The number of aromatic nitrogens is 2. The zero-order chi connectivity index (χ0) is 12.5. The van der Waals surface area contributed by atoms with Gasteiger partial charge in [-0.2, -0.15) is 18.2 Å². The largest absolute Gasteiger partial charge is 0.471 e. The summed E-state index contributed by atoms with van der Waals surface area (Å²) in [7, 11) is 1.74. The van der Waals surface area contributed by atoms with Gasteiger partial charge in [-0.05, 0) is 24.3 Å². The number of anilines is 1. The molecule has 1 N–H and O–H groups in total. The van der Waals surface area contributed by atoms with Crippen LogP contribution in [0.3, 0.4) is 0 Å². The van der Waals surface area contributed by atoms with Gasteiger partial charge in [-0.3, -0.25) is 0 Å². The topological polar surface area (TPSA) is 51.0 Å². The Morgan fingerprint density at radius 3 is 2.22 bits per heavy atom. The molecule has 0 aliphatic carbocycles. The number of rotatable bonds is 2. The van der Waals surface area contributed by atoms with Crippen molar-refractivity contribution in [2.24, 2.45) is 0 Å². The average molecular weight is 280 g/mol. The number of halogens is 4. The number of hydrogen-bond acceptors (Lipinski definition) is 4. The van der Waals surface area contributed by atoms with Gasteiger partial charge in [0.2, 0.25) is 5.82 Å². The van der Waals surface area contributed by atoms with Crippen molar-refractivity contribution in [1.82, 2.24) is 10.1 Å². The standard InChI is InChI=1S/C10H8F3N3O.ClH/c1-14-7-4-2-6(3-5-7)8-15-9(17-16-8)10(11,12)13;/h2-5,14H,1H3;1H. The van der Waals surface area contributed by atoms with Gasteiger partial charge < -0.3 is 9.84 Å². The Kier molecular flexibility index (Phi) is 4.18. The zero-order valence-corrected chi connectivity index (χ0v) is 9.97. The Morgan fingerprint density at radius 2 is 1.78 bits per heavy atom. The summed E-state index contributed by atoms with van der Waals surface area (Å²) in [6, 6.07) is 6.63. The highest BCUT2D eigenvalue weighted by atomic mass is 35.5. The molecule has 0 bridgehead atoms. The summed E-state index contributed by atoms with van der Waals surface area (Å²) in [5.74, 6) is -1.43. The second-order valence-corrected chi connectivity index (χ2v) is 3.25. The molecule has 0 atom stereocenters. The Morgan fingerprint density at radius 1 is 1.17 bits per heavy atom. The molecule has 98 valence electrons. The highest BCUT2D eigenvalue weighted by Crippen LogP contribution is 2.29. The van der Waals surface area contributed by atoms with Crippen molar-refractivity contribution >= 4 is 18.1 Å². The molecule has 1 aromatic heterocycles. The molecule has 2 rings (SSSR count). The molecule has 0 radical (unpaired) electrons. The summed E-state index contributed by atoms with van der Waals surface area (Å²) >= 11 is 0. The minimum Gasteiger partial charge on any atom is -0.388 e. The lowest BCUT2D eigenvalue weighted by Crippen LogP contribution is -2.04. The van der Waals surface area contributed by atoms with E-state index in [1.54, 1.807) is 31.3 Å². The fourth-order valence-corrected chi connectivity index (χ4v) is 1.24. The minimum atomic E-state index is -4.61. The molecule has 0 unspecified atom stereocenters. The fourth-order valence-electron chi connectivity index (χ4n) is 1.24. The van der Waals surface area contributed by atoms with E-state index in [1.807, 2.05) is 0 Å². The highest BCUT2D eigenvalue weighted by Gasteiger charge is 2.38. The first-order valence-electron chi connectivity index (χ1n) is 4.70. The van der Waals surface area contributed by atoms with Crippen molar-refractivity contribution < 1.29 is 17.7 Å². The van der Waals surface area contributed by atoms with E-state index in [-0.39, 0.29) is 18.2 Å². The van der Waals surface area contributed by atoms with E-state index < -0.39 is 12.1 Å². The third-order valence-electron chi connectivity index (χ3n) is 2.10. The Hall–Kier alpha value is -1.76. The van der Waals surface area contributed by atoms with Gasteiger partial charge in [-0.15, -0.1) is 12.4 Å². The Balaban J connectivity index is 0.00000162. The van der Waals surface area contributed by atoms with Crippen LogP contribution in [0.25, 0.3) is 11.4 Å². The van der Waals surface area contributed by atoms with Crippen LogP contribution in [-0.4, -0.2) is 17.2 Å². The first kappa shape index (κ1) is 14.3. The van der Waals surface area contributed by atoms with E-state index in [4.69, 9.17) is 0 Å². The number of hydrogen-bond donors (Lipinski definition) is 1. The SMILES string of the molecule is CNc1ccc(-c2noc(C(F)(F)F)n2)cc1.Cl.